The first-order chi connectivity index (χ1) is 6.70. The molecule has 0 aliphatic heterocycles. The molecule has 0 saturated heterocycles. The van der Waals surface area contributed by atoms with Crippen molar-refractivity contribution in [3.05, 3.63) is 28.0 Å². The topological polar surface area (TPSA) is 35.0 Å². The van der Waals surface area contributed by atoms with Gasteiger partial charge in [0.15, 0.2) is 0 Å². The Labute approximate surface area is 94.2 Å². The Bertz CT molecular complexity index is 484. The monoisotopic (exact) mass is 272 g/mol. The van der Waals surface area contributed by atoms with Crippen LogP contribution in [-0.4, -0.2) is 17.1 Å². The van der Waals surface area contributed by atoms with Gasteiger partial charge in [-0.1, -0.05) is 11.6 Å². The molecular formula is C9H6BrClN2O. The van der Waals surface area contributed by atoms with Crippen molar-refractivity contribution >= 4 is 38.4 Å². The summed E-state index contributed by atoms with van der Waals surface area (Å²) in [7, 11) is 1.57. The van der Waals surface area contributed by atoms with Gasteiger partial charge >= 0.3 is 0 Å². The summed E-state index contributed by atoms with van der Waals surface area (Å²) in [5.74, 6) is 0.540. The van der Waals surface area contributed by atoms with Gasteiger partial charge in [0, 0.05) is 5.02 Å². The summed E-state index contributed by atoms with van der Waals surface area (Å²) in [6.07, 6.45) is 0. The number of nitrogens with zero attached hydrogens (tertiary/aromatic N) is 2. The Kier molecular flexibility index (Phi) is 2.56. The molecule has 3 nitrogen and oxygen atoms in total. The maximum Gasteiger partial charge on any atom is 0.225 e. The Hall–Kier alpha value is -0.870. The molecule has 0 amide bonds. The minimum absolute atomic E-state index is 0.490. The average molecular weight is 274 g/mol. The number of ether oxygens (including phenoxy) is 1. The van der Waals surface area contributed by atoms with E-state index in [9.17, 15) is 0 Å². The molecule has 0 N–H and O–H groups in total. The van der Waals surface area contributed by atoms with Crippen LogP contribution in [0.1, 0.15) is 0 Å². The van der Waals surface area contributed by atoms with E-state index in [2.05, 4.69) is 25.9 Å². The fourth-order valence-corrected chi connectivity index (χ4v) is 1.72. The normalized spacial score (nSPS) is 10.5. The molecule has 0 saturated carbocycles. The summed E-state index contributed by atoms with van der Waals surface area (Å²) >= 11 is 9.05. The SMILES string of the molecule is COc1nc(Br)nc2cc(Cl)ccc12. The van der Waals surface area contributed by atoms with E-state index in [1.807, 2.05) is 6.07 Å². The molecule has 0 atom stereocenters. The molecule has 0 bridgehead atoms. The zero-order valence-electron chi connectivity index (χ0n) is 7.29. The predicted molar refractivity (Wildman–Crippen MR) is 58.8 cm³/mol. The Morgan fingerprint density at radius 1 is 1.36 bits per heavy atom. The number of benzene rings is 1. The van der Waals surface area contributed by atoms with E-state index in [1.54, 1.807) is 19.2 Å². The summed E-state index contributed by atoms with van der Waals surface area (Å²) < 4.78 is 5.61. The number of rotatable bonds is 1. The maximum atomic E-state index is 5.85. The third-order valence-corrected chi connectivity index (χ3v) is 2.38. The number of halogens is 2. The van der Waals surface area contributed by atoms with Gasteiger partial charge in [-0.15, -0.1) is 0 Å². The van der Waals surface area contributed by atoms with Crippen molar-refractivity contribution in [2.24, 2.45) is 0 Å². The van der Waals surface area contributed by atoms with Gasteiger partial charge in [-0.3, -0.25) is 0 Å². The predicted octanol–water partition coefficient (Wildman–Crippen LogP) is 3.05. The van der Waals surface area contributed by atoms with Crippen LogP contribution in [0.15, 0.2) is 22.9 Å². The van der Waals surface area contributed by atoms with Gasteiger partial charge < -0.3 is 4.74 Å². The lowest BCUT2D eigenvalue weighted by atomic mass is 10.2. The molecule has 1 aromatic heterocycles. The molecular weight excluding hydrogens is 267 g/mol. The standard InChI is InChI=1S/C9H6BrClN2O/c1-14-8-6-3-2-5(11)4-7(6)12-9(10)13-8/h2-4H,1H3. The minimum Gasteiger partial charge on any atom is -0.480 e. The third-order valence-electron chi connectivity index (χ3n) is 1.79. The van der Waals surface area contributed by atoms with Crippen molar-refractivity contribution in [3.8, 4) is 5.88 Å². The molecule has 2 rings (SSSR count). The molecule has 72 valence electrons. The van der Waals surface area contributed by atoms with Crippen molar-refractivity contribution in [1.82, 2.24) is 9.97 Å². The van der Waals surface area contributed by atoms with E-state index in [-0.39, 0.29) is 0 Å². The smallest absolute Gasteiger partial charge is 0.225 e. The van der Waals surface area contributed by atoms with Gasteiger partial charge in [0.25, 0.3) is 0 Å². The fraction of sp³-hybridized carbons (Fsp3) is 0.111. The van der Waals surface area contributed by atoms with Crippen LogP contribution in [0.25, 0.3) is 10.9 Å². The second kappa shape index (κ2) is 3.71. The van der Waals surface area contributed by atoms with Gasteiger partial charge in [-0.2, -0.15) is 4.98 Å². The van der Waals surface area contributed by atoms with Crippen molar-refractivity contribution in [3.63, 3.8) is 0 Å². The van der Waals surface area contributed by atoms with Crippen molar-refractivity contribution in [2.75, 3.05) is 7.11 Å². The molecule has 0 radical (unpaired) electrons. The van der Waals surface area contributed by atoms with Crippen molar-refractivity contribution < 1.29 is 4.74 Å². The summed E-state index contributed by atoms with van der Waals surface area (Å²) in [5.41, 5.74) is 0.760. The molecule has 0 fully saturated rings. The molecule has 0 unspecified atom stereocenters. The van der Waals surface area contributed by atoms with Gasteiger partial charge in [-0.25, -0.2) is 4.98 Å². The number of hydrogen-bond donors (Lipinski definition) is 0. The minimum atomic E-state index is 0.490. The first-order valence-corrected chi connectivity index (χ1v) is 5.04. The van der Waals surface area contributed by atoms with E-state index < -0.39 is 0 Å². The van der Waals surface area contributed by atoms with Crippen LogP contribution in [0.2, 0.25) is 5.02 Å². The molecule has 14 heavy (non-hydrogen) atoms. The highest BCUT2D eigenvalue weighted by molar-refractivity contribution is 9.10. The quantitative estimate of drug-likeness (QED) is 0.749. The molecule has 0 spiro atoms. The van der Waals surface area contributed by atoms with Crippen LogP contribution in [0.4, 0.5) is 0 Å². The first-order valence-electron chi connectivity index (χ1n) is 3.87. The number of methoxy groups -OCH3 is 1. The first kappa shape index (κ1) is 9.68. The van der Waals surface area contributed by atoms with E-state index in [4.69, 9.17) is 16.3 Å². The number of aromatic nitrogens is 2. The maximum absolute atomic E-state index is 5.85. The lowest BCUT2D eigenvalue weighted by molar-refractivity contribution is 0.401. The Balaban J connectivity index is 2.81. The van der Waals surface area contributed by atoms with Crippen LogP contribution in [-0.2, 0) is 0 Å². The third kappa shape index (κ3) is 1.67. The second-order valence-electron chi connectivity index (χ2n) is 2.66. The Morgan fingerprint density at radius 3 is 2.86 bits per heavy atom. The summed E-state index contributed by atoms with van der Waals surface area (Å²) in [4.78, 5) is 8.28. The van der Waals surface area contributed by atoms with Crippen LogP contribution >= 0.6 is 27.5 Å². The molecule has 0 aliphatic carbocycles. The molecule has 5 heteroatoms. The Morgan fingerprint density at radius 2 is 2.14 bits per heavy atom. The molecule has 2 aromatic rings. The second-order valence-corrected chi connectivity index (χ2v) is 3.81. The van der Waals surface area contributed by atoms with E-state index in [0.717, 1.165) is 10.9 Å². The van der Waals surface area contributed by atoms with Crippen molar-refractivity contribution in [2.45, 2.75) is 0 Å². The van der Waals surface area contributed by atoms with Gasteiger partial charge in [0.05, 0.1) is 18.0 Å². The van der Waals surface area contributed by atoms with Gasteiger partial charge in [0.2, 0.25) is 10.6 Å². The molecule has 1 aromatic carbocycles. The highest BCUT2D eigenvalue weighted by Crippen LogP contribution is 2.26. The van der Waals surface area contributed by atoms with E-state index in [0.29, 0.717) is 15.6 Å². The van der Waals surface area contributed by atoms with Gasteiger partial charge in [0.1, 0.15) is 0 Å². The van der Waals surface area contributed by atoms with Crippen LogP contribution < -0.4 is 4.74 Å². The number of hydrogen-bond acceptors (Lipinski definition) is 3. The zero-order valence-corrected chi connectivity index (χ0v) is 9.63. The van der Waals surface area contributed by atoms with Crippen molar-refractivity contribution in [1.29, 1.82) is 0 Å². The lowest BCUT2D eigenvalue weighted by Gasteiger charge is -2.04. The highest BCUT2D eigenvalue weighted by Gasteiger charge is 2.06. The fourth-order valence-electron chi connectivity index (χ4n) is 1.20. The summed E-state index contributed by atoms with van der Waals surface area (Å²) in [6.45, 7) is 0. The largest absolute Gasteiger partial charge is 0.480 e. The van der Waals surface area contributed by atoms with Crippen LogP contribution in [0, 0.1) is 0 Å². The highest BCUT2D eigenvalue weighted by atomic mass is 79.9. The lowest BCUT2D eigenvalue weighted by Crippen LogP contribution is -1.92. The van der Waals surface area contributed by atoms with E-state index in [1.165, 1.54) is 0 Å². The van der Waals surface area contributed by atoms with Gasteiger partial charge in [-0.05, 0) is 34.1 Å². The van der Waals surface area contributed by atoms with E-state index >= 15 is 0 Å². The average Bonchev–Trinajstić information content (AvgIpc) is 2.15. The summed E-state index contributed by atoms with van der Waals surface area (Å²) in [5, 5.41) is 1.49. The molecule has 0 aliphatic rings. The zero-order chi connectivity index (χ0) is 10.1. The number of fused-ring (bicyclic) bond motifs is 1. The van der Waals surface area contributed by atoms with Crippen LogP contribution in [0.3, 0.4) is 0 Å². The van der Waals surface area contributed by atoms with Crippen LogP contribution in [0.5, 0.6) is 5.88 Å². The summed E-state index contributed by atoms with van der Waals surface area (Å²) in [6, 6.07) is 5.39. The molecule has 1 heterocycles.